The predicted molar refractivity (Wildman–Crippen MR) is 73.0 cm³/mol. The SMILES string of the molecule is C=C(N)C1CCC(CNC(=O)OC(C)(C)C)CC1. The molecule has 0 aromatic heterocycles. The van der Waals surface area contributed by atoms with E-state index in [0.717, 1.165) is 31.4 Å². The van der Waals surface area contributed by atoms with Gasteiger partial charge in [0.15, 0.2) is 0 Å². The number of ether oxygens (including phenoxy) is 1. The molecule has 1 rings (SSSR count). The molecule has 1 amide bonds. The van der Waals surface area contributed by atoms with Crippen LogP contribution in [0.4, 0.5) is 4.79 Å². The van der Waals surface area contributed by atoms with Crippen LogP contribution in [-0.2, 0) is 4.74 Å². The normalized spacial score (nSPS) is 24.4. The molecule has 0 atom stereocenters. The second-order valence-electron chi connectivity index (χ2n) is 6.18. The third kappa shape index (κ3) is 5.43. The molecule has 1 aliphatic carbocycles. The number of nitrogens with two attached hydrogens (primary N) is 1. The molecule has 18 heavy (non-hydrogen) atoms. The van der Waals surface area contributed by atoms with E-state index in [1.165, 1.54) is 0 Å². The first-order chi connectivity index (χ1) is 8.28. The topological polar surface area (TPSA) is 64.3 Å². The molecule has 3 N–H and O–H groups in total. The van der Waals surface area contributed by atoms with Gasteiger partial charge in [0.1, 0.15) is 5.60 Å². The van der Waals surface area contributed by atoms with Crippen molar-refractivity contribution in [2.24, 2.45) is 17.6 Å². The highest BCUT2D eigenvalue weighted by Gasteiger charge is 2.23. The molecule has 0 aliphatic heterocycles. The number of hydrogen-bond acceptors (Lipinski definition) is 3. The molecule has 0 unspecified atom stereocenters. The van der Waals surface area contributed by atoms with Gasteiger partial charge in [-0.15, -0.1) is 0 Å². The molecule has 4 nitrogen and oxygen atoms in total. The summed E-state index contributed by atoms with van der Waals surface area (Å²) in [5, 5.41) is 2.84. The average Bonchev–Trinajstić information content (AvgIpc) is 2.24. The molecule has 0 bridgehead atoms. The molecule has 0 heterocycles. The third-order valence-corrected chi connectivity index (χ3v) is 3.31. The maximum absolute atomic E-state index is 11.5. The van der Waals surface area contributed by atoms with E-state index in [-0.39, 0.29) is 6.09 Å². The fourth-order valence-electron chi connectivity index (χ4n) is 2.28. The summed E-state index contributed by atoms with van der Waals surface area (Å²) < 4.78 is 5.20. The van der Waals surface area contributed by atoms with Crippen molar-refractivity contribution in [3.63, 3.8) is 0 Å². The van der Waals surface area contributed by atoms with Crippen LogP contribution in [0.25, 0.3) is 0 Å². The highest BCUT2D eigenvalue weighted by molar-refractivity contribution is 5.67. The predicted octanol–water partition coefficient (Wildman–Crippen LogP) is 2.79. The summed E-state index contributed by atoms with van der Waals surface area (Å²) in [5.41, 5.74) is 6.09. The first kappa shape index (κ1) is 14.9. The van der Waals surface area contributed by atoms with Crippen LogP contribution in [0.15, 0.2) is 12.3 Å². The van der Waals surface area contributed by atoms with Gasteiger partial charge in [-0.25, -0.2) is 4.79 Å². The second-order valence-corrected chi connectivity index (χ2v) is 6.18. The van der Waals surface area contributed by atoms with Crippen molar-refractivity contribution < 1.29 is 9.53 Å². The van der Waals surface area contributed by atoms with Gasteiger partial charge in [-0.1, -0.05) is 6.58 Å². The molecule has 104 valence electrons. The lowest BCUT2D eigenvalue weighted by Crippen LogP contribution is -2.36. The molecule has 0 spiro atoms. The molecular weight excluding hydrogens is 228 g/mol. The maximum atomic E-state index is 11.5. The minimum atomic E-state index is -0.432. The van der Waals surface area contributed by atoms with Crippen LogP contribution in [0.5, 0.6) is 0 Å². The van der Waals surface area contributed by atoms with Crippen molar-refractivity contribution in [1.82, 2.24) is 5.32 Å². The molecule has 4 heteroatoms. The minimum absolute atomic E-state index is 0.326. The van der Waals surface area contributed by atoms with Gasteiger partial charge in [0.05, 0.1) is 0 Å². The quantitative estimate of drug-likeness (QED) is 0.814. The monoisotopic (exact) mass is 254 g/mol. The smallest absolute Gasteiger partial charge is 0.407 e. The Labute approximate surface area is 110 Å². The van der Waals surface area contributed by atoms with Crippen molar-refractivity contribution >= 4 is 6.09 Å². The summed E-state index contributed by atoms with van der Waals surface area (Å²) in [7, 11) is 0. The average molecular weight is 254 g/mol. The summed E-state index contributed by atoms with van der Waals surface area (Å²) in [5.74, 6) is 0.996. The number of allylic oxidation sites excluding steroid dienone is 1. The summed E-state index contributed by atoms with van der Waals surface area (Å²) in [6.45, 7) is 10.1. The molecule has 1 fully saturated rings. The Hall–Kier alpha value is -1.19. The molecule has 1 saturated carbocycles. The van der Waals surface area contributed by atoms with Gasteiger partial charge in [-0.3, -0.25) is 0 Å². The highest BCUT2D eigenvalue weighted by atomic mass is 16.6. The molecule has 0 aromatic carbocycles. The Kier molecular flexibility index (Phi) is 5.05. The summed E-state index contributed by atoms with van der Waals surface area (Å²) >= 11 is 0. The number of nitrogens with one attached hydrogen (secondary N) is 1. The van der Waals surface area contributed by atoms with Crippen molar-refractivity contribution in [2.75, 3.05) is 6.54 Å². The number of amides is 1. The van der Waals surface area contributed by atoms with Crippen molar-refractivity contribution in [3.8, 4) is 0 Å². The Balaban J connectivity index is 2.22. The van der Waals surface area contributed by atoms with Gasteiger partial charge in [0, 0.05) is 12.2 Å². The lowest BCUT2D eigenvalue weighted by Gasteiger charge is -2.29. The minimum Gasteiger partial charge on any atom is -0.444 e. The number of carbonyl (C=O) groups excluding carboxylic acids is 1. The summed E-state index contributed by atoms with van der Waals surface area (Å²) in [4.78, 5) is 11.5. The van der Waals surface area contributed by atoms with E-state index in [2.05, 4.69) is 11.9 Å². The van der Waals surface area contributed by atoms with Gasteiger partial charge in [0.25, 0.3) is 0 Å². The molecule has 0 saturated heterocycles. The number of rotatable bonds is 3. The lowest BCUT2D eigenvalue weighted by atomic mass is 9.81. The van der Waals surface area contributed by atoms with Crippen molar-refractivity contribution in [2.45, 2.75) is 52.1 Å². The van der Waals surface area contributed by atoms with Crippen LogP contribution < -0.4 is 11.1 Å². The first-order valence-electron chi connectivity index (χ1n) is 6.69. The molecular formula is C14H26N2O2. The zero-order chi connectivity index (χ0) is 13.8. The van der Waals surface area contributed by atoms with E-state index in [0.29, 0.717) is 18.4 Å². The third-order valence-electron chi connectivity index (χ3n) is 3.31. The van der Waals surface area contributed by atoms with Crippen LogP contribution in [0.2, 0.25) is 0 Å². The first-order valence-corrected chi connectivity index (χ1v) is 6.69. The Morgan fingerprint density at radius 1 is 1.33 bits per heavy atom. The van der Waals surface area contributed by atoms with E-state index in [1.54, 1.807) is 0 Å². The molecule has 1 aliphatic rings. The lowest BCUT2D eigenvalue weighted by molar-refractivity contribution is 0.0514. The zero-order valence-electron chi connectivity index (χ0n) is 11.8. The van der Waals surface area contributed by atoms with E-state index in [9.17, 15) is 4.79 Å². The fraction of sp³-hybridized carbons (Fsp3) is 0.786. The van der Waals surface area contributed by atoms with E-state index < -0.39 is 5.60 Å². The van der Waals surface area contributed by atoms with E-state index >= 15 is 0 Å². The number of alkyl carbamates (subject to hydrolysis) is 1. The summed E-state index contributed by atoms with van der Waals surface area (Å²) in [6.07, 6.45) is 4.02. The van der Waals surface area contributed by atoms with E-state index in [4.69, 9.17) is 10.5 Å². The maximum Gasteiger partial charge on any atom is 0.407 e. The van der Waals surface area contributed by atoms with Gasteiger partial charge >= 0.3 is 6.09 Å². The van der Waals surface area contributed by atoms with Crippen LogP contribution in [0.3, 0.4) is 0 Å². The van der Waals surface area contributed by atoms with Gasteiger partial charge in [-0.05, 0) is 58.3 Å². The van der Waals surface area contributed by atoms with Crippen LogP contribution in [-0.4, -0.2) is 18.2 Å². The number of hydrogen-bond donors (Lipinski definition) is 2. The van der Waals surface area contributed by atoms with Crippen LogP contribution in [0, 0.1) is 11.8 Å². The Bertz CT molecular complexity index is 299. The number of carbonyl (C=O) groups is 1. The highest BCUT2D eigenvalue weighted by Crippen LogP contribution is 2.30. The van der Waals surface area contributed by atoms with Gasteiger partial charge < -0.3 is 15.8 Å². The van der Waals surface area contributed by atoms with E-state index in [1.807, 2.05) is 20.8 Å². The second kappa shape index (κ2) is 6.12. The zero-order valence-corrected chi connectivity index (χ0v) is 11.8. The summed E-state index contributed by atoms with van der Waals surface area (Å²) in [6, 6.07) is 0. The van der Waals surface area contributed by atoms with Gasteiger partial charge in [0.2, 0.25) is 0 Å². The van der Waals surface area contributed by atoms with Crippen molar-refractivity contribution in [3.05, 3.63) is 12.3 Å². The fourth-order valence-corrected chi connectivity index (χ4v) is 2.28. The Morgan fingerprint density at radius 3 is 2.33 bits per heavy atom. The molecule has 0 aromatic rings. The van der Waals surface area contributed by atoms with Crippen molar-refractivity contribution in [1.29, 1.82) is 0 Å². The standard InChI is InChI=1S/C14H26N2O2/c1-10(15)12-7-5-11(6-8-12)9-16-13(17)18-14(2,3)4/h11-12H,1,5-9,15H2,2-4H3,(H,16,17). The van der Waals surface area contributed by atoms with Crippen LogP contribution >= 0.6 is 0 Å². The molecule has 0 radical (unpaired) electrons. The van der Waals surface area contributed by atoms with Gasteiger partial charge in [-0.2, -0.15) is 0 Å². The largest absolute Gasteiger partial charge is 0.444 e. The Morgan fingerprint density at radius 2 is 1.89 bits per heavy atom. The van der Waals surface area contributed by atoms with Crippen LogP contribution in [0.1, 0.15) is 46.5 Å².